The first kappa shape index (κ1) is 13.4. The van der Waals surface area contributed by atoms with Gasteiger partial charge in [0.1, 0.15) is 11.0 Å². The Kier molecular flexibility index (Phi) is 4.01. The van der Waals surface area contributed by atoms with Gasteiger partial charge in [0.2, 0.25) is 5.88 Å². The van der Waals surface area contributed by atoms with Crippen molar-refractivity contribution in [2.75, 3.05) is 17.2 Å². The molecule has 1 amide bonds. The molecule has 0 aliphatic carbocycles. The highest BCUT2D eigenvalue weighted by Gasteiger charge is 2.11. The predicted octanol–water partition coefficient (Wildman–Crippen LogP) is 2.72. The molecule has 100 valence electrons. The largest absolute Gasteiger partial charge is 0.370 e. The van der Waals surface area contributed by atoms with Gasteiger partial charge in [0.05, 0.1) is 5.69 Å². The van der Waals surface area contributed by atoms with E-state index in [0.717, 1.165) is 0 Å². The molecular formula is C12H13ClN4O2. The fourth-order valence-corrected chi connectivity index (χ4v) is 1.71. The van der Waals surface area contributed by atoms with Gasteiger partial charge in [0.15, 0.2) is 0 Å². The second-order valence-corrected chi connectivity index (χ2v) is 4.27. The van der Waals surface area contributed by atoms with E-state index in [2.05, 4.69) is 20.8 Å². The summed E-state index contributed by atoms with van der Waals surface area (Å²) < 4.78 is 4.92. The lowest BCUT2D eigenvalue weighted by Crippen LogP contribution is -2.12. The summed E-state index contributed by atoms with van der Waals surface area (Å²) in [5.74, 6) is 0.508. The number of rotatable bonds is 4. The maximum absolute atomic E-state index is 12.0. The fourth-order valence-electron chi connectivity index (χ4n) is 1.51. The second kappa shape index (κ2) is 5.71. The highest BCUT2D eigenvalue weighted by molar-refractivity contribution is 6.30. The molecule has 19 heavy (non-hydrogen) atoms. The van der Waals surface area contributed by atoms with Crippen LogP contribution in [0.1, 0.15) is 23.0 Å². The van der Waals surface area contributed by atoms with Gasteiger partial charge in [0.25, 0.3) is 5.91 Å². The van der Waals surface area contributed by atoms with Crippen molar-refractivity contribution in [3.05, 3.63) is 34.6 Å². The first-order valence-corrected chi connectivity index (χ1v) is 6.12. The average molecular weight is 281 g/mol. The summed E-state index contributed by atoms with van der Waals surface area (Å²) in [6.45, 7) is 4.39. The molecule has 0 radical (unpaired) electrons. The minimum absolute atomic E-state index is 0.248. The number of hydrogen-bond acceptors (Lipinski definition) is 5. The Hall–Kier alpha value is -2.08. The van der Waals surface area contributed by atoms with Crippen LogP contribution in [0.3, 0.4) is 0 Å². The number of nitrogens with zero attached hydrogens (tertiary/aromatic N) is 2. The molecule has 0 aliphatic rings. The normalized spacial score (nSPS) is 10.3. The van der Waals surface area contributed by atoms with E-state index in [9.17, 15) is 4.79 Å². The molecule has 2 heterocycles. The Labute approximate surface area is 115 Å². The quantitative estimate of drug-likeness (QED) is 0.842. The molecule has 6 nitrogen and oxygen atoms in total. The van der Waals surface area contributed by atoms with E-state index in [1.54, 1.807) is 19.1 Å². The molecule has 2 aromatic rings. The summed E-state index contributed by atoms with van der Waals surface area (Å²) in [6, 6.07) is 4.74. The van der Waals surface area contributed by atoms with Gasteiger partial charge in [-0.25, -0.2) is 4.98 Å². The summed E-state index contributed by atoms with van der Waals surface area (Å²) >= 11 is 5.87. The van der Waals surface area contributed by atoms with Crippen LogP contribution >= 0.6 is 11.6 Å². The van der Waals surface area contributed by atoms with Crippen LogP contribution in [0, 0.1) is 6.92 Å². The van der Waals surface area contributed by atoms with Crippen molar-refractivity contribution in [1.82, 2.24) is 10.1 Å². The van der Waals surface area contributed by atoms with E-state index in [-0.39, 0.29) is 11.1 Å². The lowest BCUT2D eigenvalue weighted by atomic mass is 10.2. The van der Waals surface area contributed by atoms with Crippen molar-refractivity contribution < 1.29 is 9.32 Å². The van der Waals surface area contributed by atoms with E-state index >= 15 is 0 Å². The van der Waals surface area contributed by atoms with Crippen LogP contribution < -0.4 is 10.6 Å². The molecule has 0 atom stereocenters. The molecule has 0 fully saturated rings. The molecule has 0 bridgehead atoms. The number of aryl methyl sites for hydroxylation is 1. The van der Waals surface area contributed by atoms with E-state index in [4.69, 9.17) is 16.1 Å². The summed E-state index contributed by atoms with van der Waals surface area (Å²) in [7, 11) is 0. The molecule has 0 aromatic carbocycles. The Bertz CT molecular complexity index is 597. The van der Waals surface area contributed by atoms with Gasteiger partial charge < -0.3 is 9.84 Å². The smallest absolute Gasteiger partial charge is 0.258 e. The number of amides is 1. The fraction of sp³-hybridized carbons (Fsp3) is 0.250. The highest BCUT2D eigenvalue weighted by atomic mass is 35.5. The molecule has 0 saturated heterocycles. The van der Waals surface area contributed by atoms with Gasteiger partial charge in [-0.05, 0) is 26.0 Å². The number of carbonyl (C=O) groups is 1. The SMILES string of the molecule is CCNc1cc(C(=O)Nc2cc(C)no2)cc(Cl)n1. The van der Waals surface area contributed by atoms with Crippen LogP contribution in [-0.2, 0) is 0 Å². The van der Waals surface area contributed by atoms with Crippen molar-refractivity contribution in [1.29, 1.82) is 0 Å². The number of carbonyl (C=O) groups excluding carboxylic acids is 1. The lowest BCUT2D eigenvalue weighted by molar-refractivity contribution is 0.102. The molecule has 0 unspecified atom stereocenters. The van der Waals surface area contributed by atoms with E-state index in [0.29, 0.717) is 29.5 Å². The molecule has 0 aliphatic heterocycles. The Morgan fingerprint density at radius 3 is 2.84 bits per heavy atom. The molecule has 7 heteroatoms. The molecule has 0 spiro atoms. The Morgan fingerprint density at radius 1 is 1.42 bits per heavy atom. The molecule has 2 N–H and O–H groups in total. The summed E-state index contributed by atoms with van der Waals surface area (Å²) in [5, 5.41) is 9.53. The third kappa shape index (κ3) is 3.45. The maximum Gasteiger partial charge on any atom is 0.258 e. The van der Waals surface area contributed by atoms with E-state index in [1.165, 1.54) is 6.07 Å². The minimum atomic E-state index is -0.334. The predicted molar refractivity (Wildman–Crippen MR) is 72.6 cm³/mol. The highest BCUT2D eigenvalue weighted by Crippen LogP contribution is 2.16. The summed E-state index contributed by atoms with van der Waals surface area (Å²) in [5.41, 5.74) is 1.08. The van der Waals surface area contributed by atoms with Gasteiger partial charge in [-0.15, -0.1) is 0 Å². The van der Waals surface area contributed by atoms with E-state index in [1.807, 2.05) is 6.92 Å². The number of aromatic nitrogens is 2. The molecule has 2 rings (SSSR count). The van der Waals surface area contributed by atoms with Gasteiger partial charge in [0, 0.05) is 18.2 Å². The topological polar surface area (TPSA) is 80.0 Å². The van der Waals surface area contributed by atoms with Gasteiger partial charge >= 0.3 is 0 Å². The van der Waals surface area contributed by atoms with Crippen LogP contribution in [0.4, 0.5) is 11.7 Å². The zero-order chi connectivity index (χ0) is 13.8. The van der Waals surface area contributed by atoms with Gasteiger partial charge in [-0.3, -0.25) is 10.1 Å². The molecule has 2 aromatic heterocycles. The van der Waals surface area contributed by atoms with Crippen molar-refractivity contribution in [3.63, 3.8) is 0 Å². The third-order valence-corrected chi connectivity index (χ3v) is 2.47. The van der Waals surface area contributed by atoms with Crippen molar-refractivity contribution >= 4 is 29.2 Å². The Balaban J connectivity index is 2.18. The molecular weight excluding hydrogens is 268 g/mol. The zero-order valence-corrected chi connectivity index (χ0v) is 11.3. The van der Waals surface area contributed by atoms with Crippen molar-refractivity contribution in [2.24, 2.45) is 0 Å². The van der Waals surface area contributed by atoms with Gasteiger partial charge in [-0.1, -0.05) is 16.8 Å². The van der Waals surface area contributed by atoms with Crippen LogP contribution in [0.25, 0.3) is 0 Å². The number of halogens is 1. The third-order valence-electron chi connectivity index (χ3n) is 2.28. The minimum Gasteiger partial charge on any atom is -0.370 e. The number of anilines is 2. The van der Waals surface area contributed by atoms with Crippen molar-refractivity contribution in [2.45, 2.75) is 13.8 Å². The first-order chi connectivity index (χ1) is 9.08. The van der Waals surface area contributed by atoms with Gasteiger partial charge in [-0.2, -0.15) is 0 Å². The second-order valence-electron chi connectivity index (χ2n) is 3.88. The monoisotopic (exact) mass is 280 g/mol. The van der Waals surface area contributed by atoms with Crippen LogP contribution in [0.15, 0.2) is 22.7 Å². The summed E-state index contributed by atoms with van der Waals surface area (Å²) in [4.78, 5) is 16.1. The Morgan fingerprint density at radius 2 is 2.21 bits per heavy atom. The number of nitrogens with one attached hydrogen (secondary N) is 2. The van der Waals surface area contributed by atoms with Crippen LogP contribution in [0.5, 0.6) is 0 Å². The first-order valence-electron chi connectivity index (χ1n) is 5.74. The zero-order valence-electron chi connectivity index (χ0n) is 10.5. The summed E-state index contributed by atoms with van der Waals surface area (Å²) in [6.07, 6.45) is 0. The molecule has 0 saturated carbocycles. The average Bonchev–Trinajstić information content (AvgIpc) is 2.74. The van der Waals surface area contributed by atoms with Crippen LogP contribution in [0.2, 0.25) is 5.15 Å². The van der Waals surface area contributed by atoms with E-state index < -0.39 is 0 Å². The lowest BCUT2D eigenvalue weighted by Gasteiger charge is -2.06. The number of pyridine rings is 1. The maximum atomic E-state index is 12.0. The standard InChI is InChI=1S/C12H13ClN4O2/c1-3-14-10-6-8(5-9(13)15-10)12(18)16-11-4-7(2)17-19-11/h4-6H,3H2,1-2H3,(H,14,15)(H,16,18). The van der Waals surface area contributed by atoms with Crippen LogP contribution in [-0.4, -0.2) is 22.6 Å². The van der Waals surface area contributed by atoms with Crippen molar-refractivity contribution in [3.8, 4) is 0 Å². The number of hydrogen-bond donors (Lipinski definition) is 2.